The smallest absolute Gasteiger partial charge is 0.226 e. The third-order valence-corrected chi connectivity index (χ3v) is 4.75. The number of rotatable bonds is 6. The van der Waals surface area contributed by atoms with Crippen LogP contribution in [0.5, 0.6) is 0 Å². The summed E-state index contributed by atoms with van der Waals surface area (Å²) in [7, 11) is 0. The second kappa shape index (κ2) is 5.96. The predicted octanol–water partition coefficient (Wildman–Crippen LogP) is 2.41. The van der Waals surface area contributed by atoms with Crippen LogP contribution in [0.4, 0.5) is 0 Å². The molecule has 0 aromatic heterocycles. The number of amides is 1. The summed E-state index contributed by atoms with van der Waals surface area (Å²) >= 11 is 0. The lowest BCUT2D eigenvalue weighted by Crippen LogP contribution is -2.36. The molecule has 2 aliphatic carbocycles. The summed E-state index contributed by atoms with van der Waals surface area (Å²) in [6.07, 6.45) is 4.50. The highest BCUT2D eigenvalue weighted by molar-refractivity contribution is 5.79. The van der Waals surface area contributed by atoms with Crippen LogP contribution in [-0.2, 0) is 11.3 Å². The molecule has 3 rings (SSSR count). The molecular formula is C17H24N2O. The van der Waals surface area contributed by atoms with Crippen molar-refractivity contribution in [3.63, 3.8) is 0 Å². The van der Waals surface area contributed by atoms with Crippen LogP contribution in [0.3, 0.4) is 0 Å². The van der Waals surface area contributed by atoms with Gasteiger partial charge in [0.2, 0.25) is 5.91 Å². The minimum absolute atomic E-state index is 0.278. The minimum Gasteiger partial charge on any atom is -0.338 e. The molecule has 3 nitrogen and oxygen atoms in total. The van der Waals surface area contributed by atoms with Gasteiger partial charge in [-0.05, 0) is 49.6 Å². The monoisotopic (exact) mass is 272 g/mol. The molecule has 0 aliphatic heterocycles. The van der Waals surface area contributed by atoms with Gasteiger partial charge in [-0.15, -0.1) is 0 Å². The average Bonchev–Trinajstić information content (AvgIpc) is 3.10. The van der Waals surface area contributed by atoms with Crippen LogP contribution in [0.2, 0.25) is 0 Å². The maximum atomic E-state index is 12.7. The number of carbonyl (C=O) groups excluding carboxylic acids is 1. The third-order valence-electron chi connectivity index (χ3n) is 4.75. The molecule has 0 heterocycles. The highest BCUT2D eigenvalue weighted by Gasteiger charge is 2.48. The second-order valence-corrected chi connectivity index (χ2v) is 6.31. The van der Waals surface area contributed by atoms with Crippen molar-refractivity contribution in [1.29, 1.82) is 0 Å². The van der Waals surface area contributed by atoms with Crippen molar-refractivity contribution in [3.05, 3.63) is 35.9 Å². The topological polar surface area (TPSA) is 46.3 Å². The number of hydrogen-bond acceptors (Lipinski definition) is 2. The standard InChI is InChI=1S/C17H24N2O/c18-7-4-8-19(12-13-5-2-1-3-6-13)17(20)16-10-14-9-15(14)11-16/h1-3,5-6,14-16H,4,7-12,18H2. The fourth-order valence-electron chi connectivity index (χ4n) is 3.53. The van der Waals surface area contributed by atoms with Crippen LogP contribution >= 0.6 is 0 Å². The highest BCUT2D eigenvalue weighted by atomic mass is 16.2. The average molecular weight is 272 g/mol. The number of nitrogens with two attached hydrogens (primary N) is 1. The fourth-order valence-corrected chi connectivity index (χ4v) is 3.53. The van der Waals surface area contributed by atoms with E-state index in [0.717, 1.165) is 44.2 Å². The second-order valence-electron chi connectivity index (χ2n) is 6.31. The number of hydrogen-bond donors (Lipinski definition) is 1. The van der Waals surface area contributed by atoms with Gasteiger partial charge in [0.05, 0.1) is 0 Å². The van der Waals surface area contributed by atoms with E-state index in [4.69, 9.17) is 5.73 Å². The Bertz CT molecular complexity index is 449. The van der Waals surface area contributed by atoms with Crippen LogP contribution in [-0.4, -0.2) is 23.9 Å². The van der Waals surface area contributed by atoms with Gasteiger partial charge in [0.25, 0.3) is 0 Å². The van der Waals surface area contributed by atoms with Crippen molar-refractivity contribution < 1.29 is 4.79 Å². The summed E-state index contributed by atoms with van der Waals surface area (Å²) in [6, 6.07) is 10.3. The van der Waals surface area contributed by atoms with Crippen LogP contribution in [0.25, 0.3) is 0 Å². The SMILES string of the molecule is NCCCN(Cc1ccccc1)C(=O)C1CC2CC2C1. The Hall–Kier alpha value is -1.35. The molecule has 108 valence electrons. The van der Waals surface area contributed by atoms with Gasteiger partial charge in [0.15, 0.2) is 0 Å². The van der Waals surface area contributed by atoms with Crippen LogP contribution in [0, 0.1) is 17.8 Å². The normalized spacial score (nSPS) is 27.1. The van der Waals surface area contributed by atoms with E-state index in [0.29, 0.717) is 12.5 Å². The van der Waals surface area contributed by atoms with E-state index in [-0.39, 0.29) is 5.92 Å². The van der Waals surface area contributed by atoms with E-state index in [1.807, 2.05) is 23.1 Å². The zero-order chi connectivity index (χ0) is 13.9. The number of benzene rings is 1. The van der Waals surface area contributed by atoms with E-state index in [9.17, 15) is 4.79 Å². The number of carbonyl (C=O) groups is 1. The molecule has 1 aromatic rings. The Morgan fingerprint density at radius 3 is 2.50 bits per heavy atom. The summed E-state index contributed by atoms with van der Waals surface area (Å²) in [5.41, 5.74) is 6.82. The van der Waals surface area contributed by atoms with Gasteiger partial charge < -0.3 is 10.6 Å². The quantitative estimate of drug-likeness (QED) is 0.864. The molecular weight excluding hydrogens is 248 g/mol. The number of nitrogens with zero attached hydrogens (tertiary/aromatic N) is 1. The van der Waals surface area contributed by atoms with Crippen molar-refractivity contribution in [2.45, 2.75) is 32.2 Å². The molecule has 2 atom stereocenters. The molecule has 2 aliphatic rings. The Morgan fingerprint density at radius 1 is 1.15 bits per heavy atom. The molecule has 2 N–H and O–H groups in total. The molecule has 0 radical (unpaired) electrons. The van der Waals surface area contributed by atoms with Crippen molar-refractivity contribution in [2.75, 3.05) is 13.1 Å². The molecule has 20 heavy (non-hydrogen) atoms. The van der Waals surface area contributed by atoms with Crippen molar-refractivity contribution in [3.8, 4) is 0 Å². The zero-order valence-corrected chi connectivity index (χ0v) is 12.0. The molecule has 2 fully saturated rings. The first-order chi connectivity index (χ1) is 9.78. The Morgan fingerprint density at radius 2 is 1.85 bits per heavy atom. The summed E-state index contributed by atoms with van der Waals surface area (Å²) in [5.74, 6) is 2.35. The molecule has 0 bridgehead atoms. The fraction of sp³-hybridized carbons (Fsp3) is 0.588. The molecule has 1 aromatic carbocycles. The van der Waals surface area contributed by atoms with Crippen LogP contribution < -0.4 is 5.73 Å². The van der Waals surface area contributed by atoms with Crippen molar-refractivity contribution in [1.82, 2.24) is 4.90 Å². The maximum Gasteiger partial charge on any atom is 0.226 e. The third kappa shape index (κ3) is 3.04. The molecule has 0 saturated heterocycles. The zero-order valence-electron chi connectivity index (χ0n) is 12.0. The molecule has 1 amide bonds. The lowest BCUT2D eigenvalue weighted by atomic mass is 10.0. The highest BCUT2D eigenvalue weighted by Crippen LogP contribution is 2.54. The maximum absolute atomic E-state index is 12.7. The van der Waals surface area contributed by atoms with Crippen molar-refractivity contribution in [2.24, 2.45) is 23.5 Å². The van der Waals surface area contributed by atoms with Gasteiger partial charge in [0.1, 0.15) is 0 Å². The van der Waals surface area contributed by atoms with Gasteiger partial charge >= 0.3 is 0 Å². The summed E-state index contributed by atoms with van der Waals surface area (Å²) in [4.78, 5) is 14.7. The predicted molar refractivity (Wildman–Crippen MR) is 79.9 cm³/mol. The Balaban J connectivity index is 1.63. The van der Waals surface area contributed by atoms with E-state index in [1.54, 1.807) is 0 Å². The summed E-state index contributed by atoms with van der Waals surface area (Å²) in [6.45, 7) is 2.16. The minimum atomic E-state index is 0.278. The van der Waals surface area contributed by atoms with E-state index < -0.39 is 0 Å². The summed E-state index contributed by atoms with van der Waals surface area (Å²) in [5, 5.41) is 0. The Kier molecular flexibility index (Phi) is 4.06. The van der Waals surface area contributed by atoms with Gasteiger partial charge in [-0.1, -0.05) is 30.3 Å². The first-order valence-electron chi connectivity index (χ1n) is 7.80. The van der Waals surface area contributed by atoms with E-state index in [2.05, 4.69) is 12.1 Å². The molecule has 3 heteroatoms. The molecule has 2 saturated carbocycles. The summed E-state index contributed by atoms with van der Waals surface area (Å²) < 4.78 is 0. The van der Waals surface area contributed by atoms with Crippen LogP contribution in [0.1, 0.15) is 31.2 Å². The lowest BCUT2D eigenvalue weighted by molar-refractivity contribution is -0.136. The van der Waals surface area contributed by atoms with E-state index in [1.165, 1.54) is 12.0 Å². The number of fused-ring (bicyclic) bond motifs is 1. The lowest BCUT2D eigenvalue weighted by Gasteiger charge is -2.26. The largest absolute Gasteiger partial charge is 0.338 e. The van der Waals surface area contributed by atoms with Gasteiger partial charge in [-0.25, -0.2) is 0 Å². The van der Waals surface area contributed by atoms with Gasteiger partial charge in [0, 0.05) is 19.0 Å². The van der Waals surface area contributed by atoms with Crippen molar-refractivity contribution >= 4 is 5.91 Å². The molecule has 0 spiro atoms. The first-order valence-corrected chi connectivity index (χ1v) is 7.80. The van der Waals surface area contributed by atoms with Gasteiger partial charge in [-0.2, -0.15) is 0 Å². The molecule has 2 unspecified atom stereocenters. The first kappa shape index (κ1) is 13.6. The Labute approximate surface area is 121 Å². The van der Waals surface area contributed by atoms with Crippen LogP contribution in [0.15, 0.2) is 30.3 Å². The van der Waals surface area contributed by atoms with Gasteiger partial charge in [-0.3, -0.25) is 4.79 Å². The van der Waals surface area contributed by atoms with E-state index >= 15 is 0 Å².